The third kappa shape index (κ3) is 4.55. The first-order valence-electron chi connectivity index (χ1n) is 6.41. The minimum absolute atomic E-state index is 0.0189. The first kappa shape index (κ1) is 14.8. The van der Waals surface area contributed by atoms with Gasteiger partial charge in [0.2, 0.25) is 0 Å². The second-order valence-corrected chi connectivity index (χ2v) is 6.08. The first-order chi connectivity index (χ1) is 8.19. The molecule has 1 amide bonds. The molecule has 5 heteroatoms. The molecule has 3 unspecified atom stereocenters. The van der Waals surface area contributed by atoms with E-state index < -0.39 is 17.7 Å². The molecule has 0 saturated heterocycles. The molecule has 0 heterocycles. The number of nitrogens with one attached hydrogen (secondary N) is 1. The summed E-state index contributed by atoms with van der Waals surface area (Å²) >= 11 is 0. The maximum absolute atomic E-state index is 11.6. The molecular formula is C13H23NO4. The molecule has 1 saturated carbocycles. The highest BCUT2D eigenvalue weighted by molar-refractivity contribution is 5.71. The van der Waals surface area contributed by atoms with Gasteiger partial charge in [-0.2, -0.15) is 0 Å². The number of carbonyl (C=O) groups is 2. The number of carboxylic acid groups (broad SMARTS) is 1. The minimum Gasteiger partial charge on any atom is -0.481 e. The van der Waals surface area contributed by atoms with E-state index >= 15 is 0 Å². The van der Waals surface area contributed by atoms with E-state index in [9.17, 15) is 9.59 Å². The summed E-state index contributed by atoms with van der Waals surface area (Å²) in [6, 6.07) is 0.0189. The van der Waals surface area contributed by atoms with Crippen molar-refractivity contribution < 1.29 is 19.4 Å². The average molecular weight is 257 g/mol. The Labute approximate surface area is 108 Å². The molecule has 0 radical (unpaired) electrons. The van der Waals surface area contributed by atoms with Crippen molar-refractivity contribution in [1.82, 2.24) is 5.32 Å². The smallest absolute Gasteiger partial charge is 0.407 e. The van der Waals surface area contributed by atoms with Crippen molar-refractivity contribution in [1.29, 1.82) is 0 Å². The van der Waals surface area contributed by atoms with Crippen LogP contribution in [0.3, 0.4) is 0 Å². The minimum atomic E-state index is -0.738. The van der Waals surface area contributed by atoms with Gasteiger partial charge in [0.15, 0.2) is 0 Å². The largest absolute Gasteiger partial charge is 0.481 e. The third-order valence-electron chi connectivity index (χ3n) is 3.21. The molecule has 5 nitrogen and oxygen atoms in total. The van der Waals surface area contributed by atoms with Crippen LogP contribution in [0.1, 0.15) is 47.0 Å². The van der Waals surface area contributed by atoms with Gasteiger partial charge in [0.25, 0.3) is 0 Å². The molecule has 0 spiro atoms. The maximum Gasteiger partial charge on any atom is 0.407 e. The summed E-state index contributed by atoms with van der Waals surface area (Å²) in [6.07, 6.45) is 1.57. The lowest BCUT2D eigenvalue weighted by molar-refractivity contribution is -0.144. The number of amides is 1. The summed E-state index contributed by atoms with van der Waals surface area (Å²) < 4.78 is 5.18. The number of ether oxygens (including phenoxy) is 1. The Hall–Kier alpha value is -1.26. The summed E-state index contributed by atoms with van der Waals surface area (Å²) in [5.41, 5.74) is -0.506. The van der Waals surface area contributed by atoms with E-state index in [0.717, 1.165) is 0 Å². The number of aliphatic carboxylic acids is 1. The van der Waals surface area contributed by atoms with E-state index in [1.54, 1.807) is 0 Å². The highest BCUT2D eigenvalue weighted by Gasteiger charge is 2.33. The molecule has 0 aromatic heterocycles. The Bertz CT molecular complexity index is 321. The van der Waals surface area contributed by atoms with Gasteiger partial charge in [0.05, 0.1) is 5.92 Å². The summed E-state index contributed by atoms with van der Waals surface area (Å²) in [4.78, 5) is 22.6. The van der Waals surface area contributed by atoms with Crippen molar-refractivity contribution >= 4 is 12.1 Å². The van der Waals surface area contributed by atoms with Crippen molar-refractivity contribution in [2.45, 2.75) is 58.6 Å². The molecule has 0 aliphatic heterocycles. The van der Waals surface area contributed by atoms with Crippen molar-refractivity contribution in [2.24, 2.45) is 11.8 Å². The van der Waals surface area contributed by atoms with Gasteiger partial charge in [-0.25, -0.2) is 4.79 Å². The third-order valence-corrected chi connectivity index (χ3v) is 3.21. The van der Waals surface area contributed by atoms with Crippen LogP contribution in [0.2, 0.25) is 0 Å². The van der Waals surface area contributed by atoms with Crippen LogP contribution in [0.4, 0.5) is 4.79 Å². The number of rotatable bonds is 2. The van der Waals surface area contributed by atoms with Gasteiger partial charge in [-0.3, -0.25) is 4.79 Å². The molecule has 1 aliphatic carbocycles. The summed E-state index contributed by atoms with van der Waals surface area (Å²) in [5, 5.41) is 11.8. The second kappa shape index (κ2) is 5.59. The van der Waals surface area contributed by atoms with Crippen LogP contribution < -0.4 is 5.32 Å². The Morgan fingerprint density at radius 2 is 1.89 bits per heavy atom. The monoisotopic (exact) mass is 257 g/mol. The predicted octanol–water partition coefficient (Wildman–Crippen LogP) is 2.40. The molecule has 1 fully saturated rings. The summed E-state index contributed by atoms with van der Waals surface area (Å²) in [7, 11) is 0. The molecule has 3 atom stereocenters. The quantitative estimate of drug-likeness (QED) is 0.796. The number of hydrogen-bond donors (Lipinski definition) is 2. The summed E-state index contributed by atoms with van der Waals surface area (Å²) in [5.74, 6) is -0.948. The zero-order valence-corrected chi connectivity index (χ0v) is 11.5. The van der Waals surface area contributed by atoms with Gasteiger partial charge < -0.3 is 15.2 Å². The van der Waals surface area contributed by atoms with Gasteiger partial charge >= 0.3 is 12.1 Å². The zero-order chi connectivity index (χ0) is 13.9. The predicted molar refractivity (Wildman–Crippen MR) is 67.3 cm³/mol. The number of alkyl carbamates (subject to hydrolysis) is 1. The van der Waals surface area contributed by atoms with Crippen LogP contribution in [0.15, 0.2) is 0 Å². The molecule has 2 N–H and O–H groups in total. The van der Waals surface area contributed by atoms with Gasteiger partial charge in [0, 0.05) is 6.04 Å². The lowest BCUT2D eigenvalue weighted by atomic mass is 9.78. The Balaban J connectivity index is 2.43. The molecule has 0 aromatic rings. The maximum atomic E-state index is 11.6. The SMILES string of the molecule is CC1CC(NC(=O)OC(C)(C)C)CCC1C(=O)O. The Morgan fingerprint density at radius 1 is 1.28 bits per heavy atom. The fourth-order valence-electron chi connectivity index (χ4n) is 2.37. The van der Waals surface area contributed by atoms with Crippen LogP contribution in [0.25, 0.3) is 0 Å². The fraction of sp³-hybridized carbons (Fsp3) is 0.846. The van der Waals surface area contributed by atoms with Crippen LogP contribution in [-0.4, -0.2) is 28.8 Å². The van der Waals surface area contributed by atoms with Gasteiger partial charge in [-0.05, 0) is 46.0 Å². The molecular weight excluding hydrogens is 234 g/mol. The highest BCUT2D eigenvalue weighted by Crippen LogP contribution is 2.30. The standard InChI is InChI=1S/C13H23NO4/c1-8-7-9(5-6-10(8)11(15)16)14-12(17)18-13(2,3)4/h8-10H,5-7H2,1-4H3,(H,14,17)(H,15,16). The van der Waals surface area contributed by atoms with E-state index in [1.165, 1.54) is 0 Å². The second-order valence-electron chi connectivity index (χ2n) is 6.08. The molecule has 0 bridgehead atoms. The van der Waals surface area contributed by atoms with Gasteiger partial charge in [0.1, 0.15) is 5.60 Å². The highest BCUT2D eigenvalue weighted by atomic mass is 16.6. The van der Waals surface area contributed by atoms with Crippen LogP contribution in [0.5, 0.6) is 0 Å². The zero-order valence-electron chi connectivity index (χ0n) is 11.5. The number of hydrogen-bond acceptors (Lipinski definition) is 3. The van der Waals surface area contributed by atoms with E-state index in [2.05, 4.69) is 5.32 Å². The number of carboxylic acids is 1. The van der Waals surface area contributed by atoms with Crippen LogP contribution >= 0.6 is 0 Å². The van der Waals surface area contributed by atoms with Crippen LogP contribution in [-0.2, 0) is 9.53 Å². The topological polar surface area (TPSA) is 75.6 Å². The average Bonchev–Trinajstić information content (AvgIpc) is 2.13. The molecule has 0 aromatic carbocycles. The van der Waals surface area contributed by atoms with Crippen LogP contribution in [0, 0.1) is 11.8 Å². The lowest BCUT2D eigenvalue weighted by Gasteiger charge is -2.32. The molecule has 104 valence electrons. The van der Waals surface area contributed by atoms with Crippen molar-refractivity contribution in [3.8, 4) is 0 Å². The van der Waals surface area contributed by atoms with E-state index in [-0.39, 0.29) is 17.9 Å². The summed E-state index contributed by atoms with van der Waals surface area (Å²) in [6.45, 7) is 7.37. The fourth-order valence-corrected chi connectivity index (χ4v) is 2.37. The Morgan fingerprint density at radius 3 is 2.33 bits per heavy atom. The van der Waals surface area contributed by atoms with E-state index in [1.807, 2.05) is 27.7 Å². The molecule has 1 rings (SSSR count). The first-order valence-corrected chi connectivity index (χ1v) is 6.41. The van der Waals surface area contributed by atoms with Crippen molar-refractivity contribution in [3.63, 3.8) is 0 Å². The van der Waals surface area contributed by atoms with Crippen molar-refractivity contribution in [3.05, 3.63) is 0 Å². The Kier molecular flexibility index (Phi) is 4.59. The van der Waals surface area contributed by atoms with Gasteiger partial charge in [-0.15, -0.1) is 0 Å². The molecule has 18 heavy (non-hydrogen) atoms. The number of carbonyl (C=O) groups excluding carboxylic acids is 1. The van der Waals surface area contributed by atoms with E-state index in [4.69, 9.17) is 9.84 Å². The lowest BCUT2D eigenvalue weighted by Crippen LogP contribution is -2.43. The van der Waals surface area contributed by atoms with E-state index in [0.29, 0.717) is 19.3 Å². The van der Waals surface area contributed by atoms with Gasteiger partial charge in [-0.1, -0.05) is 6.92 Å². The molecule has 1 aliphatic rings. The normalized spacial score (nSPS) is 28.6. The van der Waals surface area contributed by atoms with Crippen molar-refractivity contribution in [2.75, 3.05) is 0 Å².